The molecule has 1 unspecified atom stereocenters. The lowest BCUT2D eigenvalue weighted by molar-refractivity contribution is 0.380. The van der Waals surface area contributed by atoms with E-state index in [1.807, 2.05) is 25.1 Å². The van der Waals surface area contributed by atoms with Gasteiger partial charge < -0.3 is 4.74 Å². The van der Waals surface area contributed by atoms with Crippen molar-refractivity contribution in [3.8, 4) is 5.75 Å². The number of halogens is 2. The molecule has 0 aromatic heterocycles. The van der Waals surface area contributed by atoms with Gasteiger partial charge in [-0.3, -0.25) is 4.90 Å². The van der Waals surface area contributed by atoms with Crippen LogP contribution in [0.5, 0.6) is 5.75 Å². The van der Waals surface area contributed by atoms with E-state index >= 15 is 0 Å². The number of hydrogen-bond acceptors (Lipinski definition) is 2. The molecular formula is C10H13BrFNO. The van der Waals surface area contributed by atoms with Crippen LogP contribution in [0.25, 0.3) is 0 Å². The molecule has 2 nitrogen and oxygen atoms in total. The van der Waals surface area contributed by atoms with Gasteiger partial charge in [-0.2, -0.15) is 0 Å². The van der Waals surface area contributed by atoms with Crippen LogP contribution in [0, 0.1) is 5.82 Å². The maximum absolute atomic E-state index is 13.3. The second kappa shape index (κ2) is 4.75. The minimum atomic E-state index is -0.337. The maximum atomic E-state index is 13.3. The third-order valence-electron chi connectivity index (χ3n) is 1.90. The molecule has 0 saturated carbocycles. The summed E-state index contributed by atoms with van der Waals surface area (Å²) < 4.78 is 18.1. The van der Waals surface area contributed by atoms with Crippen LogP contribution in [0.2, 0.25) is 0 Å². The van der Waals surface area contributed by atoms with E-state index in [9.17, 15) is 4.39 Å². The van der Waals surface area contributed by atoms with Crippen LogP contribution in [0.3, 0.4) is 0 Å². The second-order valence-electron chi connectivity index (χ2n) is 3.19. The molecule has 0 heterocycles. The van der Waals surface area contributed by atoms with E-state index in [4.69, 9.17) is 4.74 Å². The first-order chi connectivity index (χ1) is 6.56. The van der Waals surface area contributed by atoms with Gasteiger partial charge >= 0.3 is 0 Å². The molecule has 1 rings (SSSR count). The van der Waals surface area contributed by atoms with Gasteiger partial charge in [0.15, 0.2) is 11.6 Å². The van der Waals surface area contributed by atoms with Gasteiger partial charge in [0.25, 0.3) is 0 Å². The quantitative estimate of drug-likeness (QED) is 0.613. The lowest BCUT2D eigenvalue weighted by atomic mass is 10.2. The summed E-state index contributed by atoms with van der Waals surface area (Å²) in [7, 11) is 5.29. The zero-order valence-corrected chi connectivity index (χ0v) is 10.0. The van der Waals surface area contributed by atoms with Crippen molar-refractivity contribution in [2.24, 2.45) is 0 Å². The van der Waals surface area contributed by atoms with Gasteiger partial charge in [0.2, 0.25) is 0 Å². The van der Waals surface area contributed by atoms with E-state index in [2.05, 4.69) is 15.9 Å². The van der Waals surface area contributed by atoms with E-state index in [0.717, 1.165) is 5.56 Å². The molecule has 0 amide bonds. The van der Waals surface area contributed by atoms with Crippen molar-refractivity contribution < 1.29 is 9.13 Å². The summed E-state index contributed by atoms with van der Waals surface area (Å²) in [6, 6.07) is 4.93. The van der Waals surface area contributed by atoms with Crippen LogP contribution < -0.4 is 4.74 Å². The van der Waals surface area contributed by atoms with Crippen molar-refractivity contribution in [1.82, 2.24) is 4.90 Å². The summed E-state index contributed by atoms with van der Waals surface area (Å²) in [5.74, 6) is -0.0662. The van der Waals surface area contributed by atoms with Gasteiger partial charge in [-0.25, -0.2) is 4.39 Å². The number of methoxy groups -OCH3 is 1. The Kier molecular flexibility index (Phi) is 3.89. The normalized spacial score (nSPS) is 13.0. The van der Waals surface area contributed by atoms with Crippen LogP contribution >= 0.6 is 15.9 Å². The molecule has 0 aliphatic heterocycles. The molecule has 0 aliphatic rings. The molecule has 0 aliphatic carbocycles. The van der Waals surface area contributed by atoms with E-state index in [1.54, 1.807) is 6.07 Å². The maximum Gasteiger partial charge on any atom is 0.165 e. The van der Waals surface area contributed by atoms with Gasteiger partial charge in [-0.05, 0) is 31.8 Å². The molecule has 0 fully saturated rings. The van der Waals surface area contributed by atoms with E-state index in [0.29, 0.717) is 0 Å². The van der Waals surface area contributed by atoms with Crippen LogP contribution in [-0.2, 0) is 0 Å². The number of alkyl halides is 1. The van der Waals surface area contributed by atoms with Crippen molar-refractivity contribution in [2.45, 2.75) is 4.95 Å². The van der Waals surface area contributed by atoms with Crippen molar-refractivity contribution in [2.75, 3.05) is 21.2 Å². The molecule has 1 atom stereocenters. The highest BCUT2D eigenvalue weighted by Gasteiger charge is 2.12. The first-order valence-electron chi connectivity index (χ1n) is 4.20. The Morgan fingerprint density at radius 2 is 2.07 bits per heavy atom. The minimum absolute atomic E-state index is 0.0166. The van der Waals surface area contributed by atoms with Gasteiger partial charge in [0.1, 0.15) is 0 Å². The highest BCUT2D eigenvalue weighted by molar-refractivity contribution is 9.09. The van der Waals surface area contributed by atoms with Crippen LogP contribution in [0.15, 0.2) is 18.2 Å². The fraction of sp³-hybridized carbons (Fsp3) is 0.400. The monoisotopic (exact) mass is 261 g/mol. The first-order valence-corrected chi connectivity index (χ1v) is 5.11. The average Bonchev–Trinajstić information content (AvgIpc) is 2.16. The molecule has 0 spiro atoms. The second-order valence-corrected chi connectivity index (χ2v) is 4.06. The molecule has 4 heteroatoms. The fourth-order valence-electron chi connectivity index (χ4n) is 1.13. The smallest absolute Gasteiger partial charge is 0.165 e. The average molecular weight is 262 g/mol. The Bertz CT molecular complexity index is 317. The van der Waals surface area contributed by atoms with Crippen LogP contribution in [0.1, 0.15) is 10.5 Å². The molecule has 1 aromatic rings. The highest BCUT2D eigenvalue weighted by atomic mass is 79.9. The molecule has 1 aromatic carbocycles. The van der Waals surface area contributed by atoms with Gasteiger partial charge in [-0.1, -0.05) is 22.0 Å². The first kappa shape index (κ1) is 11.5. The van der Waals surface area contributed by atoms with Gasteiger partial charge in [-0.15, -0.1) is 0 Å². The lowest BCUT2D eigenvalue weighted by Crippen LogP contribution is -2.14. The number of ether oxygens (including phenoxy) is 1. The molecule has 14 heavy (non-hydrogen) atoms. The Balaban J connectivity index is 2.96. The summed E-state index contributed by atoms with van der Waals surface area (Å²) in [5, 5.41) is 0. The molecule has 0 saturated heterocycles. The molecule has 0 radical (unpaired) electrons. The Morgan fingerprint density at radius 1 is 1.43 bits per heavy atom. The van der Waals surface area contributed by atoms with Crippen LogP contribution in [-0.4, -0.2) is 26.1 Å². The summed E-state index contributed by atoms with van der Waals surface area (Å²) in [6.45, 7) is 0. The highest BCUT2D eigenvalue weighted by Crippen LogP contribution is 2.28. The third kappa shape index (κ3) is 2.45. The SMILES string of the molecule is COc1ccc(C(Br)N(C)C)cc1F. The summed E-state index contributed by atoms with van der Waals surface area (Å²) in [4.78, 5) is 1.96. The lowest BCUT2D eigenvalue weighted by Gasteiger charge is -2.18. The Hall–Kier alpha value is -0.610. The molecule has 78 valence electrons. The zero-order chi connectivity index (χ0) is 10.7. The predicted molar refractivity (Wildman–Crippen MR) is 58.3 cm³/mol. The molecule has 0 N–H and O–H groups in total. The number of nitrogens with zero attached hydrogens (tertiary/aromatic N) is 1. The molecule has 0 bridgehead atoms. The van der Waals surface area contributed by atoms with Gasteiger partial charge in [0.05, 0.1) is 12.1 Å². The fourth-order valence-corrected chi connectivity index (χ4v) is 1.41. The number of hydrogen-bond donors (Lipinski definition) is 0. The summed E-state index contributed by atoms with van der Waals surface area (Å²) in [5.41, 5.74) is 0.869. The Morgan fingerprint density at radius 3 is 2.50 bits per heavy atom. The predicted octanol–water partition coefficient (Wildman–Crippen LogP) is 2.79. The summed E-state index contributed by atoms with van der Waals surface area (Å²) in [6.07, 6.45) is 0. The van der Waals surface area contributed by atoms with Crippen molar-refractivity contribution in [3.05, 3.63) is 29.6 Å². The standard InChI is InChI=1S/C10H13BrFNO/c1-13(2)10(11)7-4-5-9(14-3)8(12)6-7/h4-6,10H,1-3H3. The van der Waals surface area contributed by atoms with Crippen LogP contribution in [0.4, 0.5) is 4.39 Å². The molecular weight excluding hydrogens is 249 g/mol. The van der Waals surface area contributed by atoms with E-state index in [-0.39, 0.29) is 16.5 Å². The number of rotatable bonds is 3. The van der Waals surface area contributed by atoms with Crippen molar-refractivity contribution in [3.63, 3.8) is 0 Å². The third-order valence-corrected chi connectivity index (χ3v) is 3.25. The largest absolute Gasteiger partial charge is 0.494 e. The summed E-state index contributed by atoms with van der Waals surface area (Å²) >= 11 is 3.45. The zero-order valence-electron chi connectivity index (χ0n) is 8.42. The van der Waals surface area contributed by atoms with Crippen molar-refractivity contribution in [1.29, 1.82) is 0 Å². The van der Waals surface area contributed by atoms with Crippen molar-refractivity contribution >= 4 is 15.9 Å². The van der Waals surface area contributed by atoms with Gasteiger partial charge in [0, 0.05) is 0 Å². The van der Waals surface area contributed by atoms with E-state index < -0.39 is 0 Å². The Labute approximate surface area is 91.8 Å². The topological polar surface area (TPSA) is 12.5 Å². The van der Waals surface area contributed by atoms with E-state index in [1.165, 1.54) is 13.2 Å². The number of benzene rings is 1. The minimum Gasteiger partial charge on any atom is -0.494 e.